The summed E-state index contributed by atoms with van der Waals surface area (Å²) >= 11 is 0. The summed E-state index contributed by atoms with van der Waals surface area (Å²) in [5.41, 5.74) is 0.499. The van der Waals surface area contributed by atoms with Crippen molar-refractivity contribution in [2.45, 2.75) is 45.6 Å². The second-order valence-corrected chi connectivity index (χ2v) is 4.51. The van der Waals surface area contributed by atoms with Crippen LogP contribution in [0.3, 0.4) is 0 Å². The molecule has 15 heavy (non-hydrogen) atoms. The minimum Gasteiger partial charge on any atom is -0.473 e. The molecule has 1 fully saturated rings. The number of hydrogen-bond donors (Lipinski definition) is 3. The van der Waals surface area contributed by atoms with Crippen molar-refractivity contribution in [1.82, 2.24) is 0 Å². The zero-order valence-corrected chi connectivity index (χ0v) is 9.06. The van der Waals surface area contributed by atoms with Gasteiger partial charge in [-0.15, -0.1) is 0 Å². The fourth-order valence-corrected chi connectivity index (χ4v) is 1.38. The van der Waals surface area contributed by atoms with E-state index in [1.807, 2.05) is 0 Å². The normalized spacial score (nSPS) is 19.9. The summed E-state index contributed by atoms with van der Waals surface area (Å²) in [5.74, 6) is -3.65. The number of carboxylic acid groups (broad SMARTS) is 2. The van der Waals surface area contributed by atoms with E-state index in [2.05, 4.69) is 13.8 Å². The third-order valence-electron chi connectivity index (χ3n) is 2.49. The molecule has 0 amide bonds. The van der Waals surface area contributed by atoms with Gasteiger partial charge in [-0.05, 0) is 31.1 Å². The first-order chi connectivity index (χ1) is 6.74. The van der Waals surface area contributed by atoms with Crippen molar-refractivity contribution in [3.63, 3.8) is 0 Å². The predicted octanol–water partition coefficient (Wildman–Crippen LogP) is 1.10. The van der Waals surface area contributed by atoms with Crippen molar-refractivity contribution in [2.24, 2.45) is 5.41 Å². The van der Waals surface area contributed by atoms with Crippen LogP contribution in [0.15, 0.2) is 0 Å². The van der Waals surface area contributed by atoms with Crippen LogP contribution in [0.2, 0.25) is 0 Å². The Morgan fingerprint density at radius 2 is 1.40 bits per heavy atom. The molecule has 1 saturated carbocycles. The van der Waals surface area contributed by atoms with Gasteiger partial charge in [-0.3, -0.25) is 0 Å². The van der Waals surface area contributed by atoms with Crippen molar-refractivity contribution < 1.29 is 24.9 Å². The summed E-state index contributed by atoms with van der Waals surface area (Å²) in [6.45, 7) is 4.55. The van der Waals surface area contributed by atoms with Gasteiger partial charge < -0.3 is 15.3 Å². The number of hydrogen-bond acceptors (Lipinski definition) is 3. The molecular formula is C10H18O5. The first-order valence-electron chi connectivity index (χ1n) is 4.89. The van der Waals surface area contributed by atoms with E-state index in [-0.39, 0.29) is 6.10 Å². The van der Waals surface area contributed by atoms with E-state index < -0.39 is 11.9 Å². The maximum atomic E-state index is 9.14. The summed E-state index contributed by atoms with van der Waals surface area (Å²) in [6.07, 6.45) is 4.39. The number of aliphatic hydroxyl groups excluding tert-OH is 1. The first kappa shape index (κ1) is 13.9. The Bertz CT molecular complexity index is 212. The molecular weight excluding hydrogens is 200 g/mol. The van der Waals surface area contributed by atoms with Crippen LogP contribution in [0, 0.1) is 5.41 Å². The monoisotopic (exact) mass is 218 g/mol. The lowest BCUT2D eigenvalue weighted by atomic mass is 9.76. The van der Waals surface area contributed by atoms with Gasteiger partial charge in [-0.25, -0.2) is 9.59 Å². The molecule has 1 aliphatic carbocycles. The SMILES string of the molecule is CC1(C)CCC(O)CC1.O=C(O)C(=O)O. The zero-order valence-electron chi connectivity index (χ0n) is 9.06. The fourth-order valence-electron chi connectivity index (χ4n) is 1.38. The van der Waals surface area contributed by atoms with Gasteiger partial charge in [0.25, 0.3) is 0 Å². The molecule has 0 bridgehead atoms. The average Bonchev–Trinajstić information content (AvgIpc) is 2.11. The maximum absolute atomic E-state index is 9.14. The summed E-state index contributed by atoms with van der Waals surface area (Å²) in [4.78, 5) is 18.2. The second kappa shape index (κ2) is 5.70. The number of carbonyl (C=O) groups is 2. The Morgan fingerprint density at radius 1 is 1.07 bits per heavy atom. The van der Waals surface area contributed by atoms with Gasteiger partial charge >= 0.3 is 11.9 Å². The number of aliphatic carboxylic acids is 2. The van der Waals surface area contributed by atoms with Crippen LogP contribution in [-0.4, -0.2) is 33.4 Å². The molecule has 1 rings (SSSR count). The summed E-state index contributed by atoms with van der Waals surface area (Å²) in [6, 6.07) is 0. The van der Waals surface area contributed by atoms with Gasteiger partial charge in [-0.1, -0.05) is 13.8 Å². The van der Waals surface area contributed by atoms with E-state index in [4.69, 9.17) is 24.9 Å². The molecule has 0 aliphatic heterocycles. The van der Waals surface area contributed by atoms with E-state index >= 15 is 0 Å². The molecule has 0 atom stereocenters. The molecule has 0 saturated heterocycles. The van der Waals surface area contributed by atoms with Crippen LogP contribution in [0.4, 0.5) is 0 Å². The Hall–Kier alpha value is -1.10. The van der Waals surface area contributed by atoms with Crippen LogP contribution < -0.4 is 0 Å². The number of rotatable bonds is 0. The summed E-state index contributed by atoms with van der Waals surface area (Å²) in [7, 11) is 0. The first-order valence-corrected chi connectivity index (χ1v) is 4.89. The lowest BCUT2D eigenvalue weighted by molar-refractivity contribution is -0.159. The van der Waals surface area contributed by atoms with Crippen molar-refractivity contribution in [1.29, 1.82) is 0 Å². The van der Waals surface area contributed by atoms with Crippen LogP contribution in [0.5, 0.6) is 0 Å². The molecule has 1 aliphatic rings. The molecule has 0 spiro atoms. The zero-order chi connectivity index (χ0) is 12.1. The van der Waals surface area contributed by atoms with Crippen molar-refractivity contribution in [2.75, 3.05) is 0 Å². The fraction of sp³-hybridized carbons (Fsp3) is 0.800. The van der Waals surface area contributed by atoms with E-state index in [0.29, 0.717) is 5.41 Å². The van der Waals surface area contributed by atoms with Crippen molar-refractivity contribution >= 4 is 11.9 Å². The van der Waals surface area contributed by atoms with Gasteiger partial charge in [0.2, 0.25) is 0 Å². The van der Waals surface area contributed by atoms with E-state index in [0.717, 1.165) is 12.8 Å². The Balaban J connectivity index is 0.000000288. The lowest BCUT2D eigenvalue weighted by Gasteiger charge is -2.31. The highest BCUT2D eigenvalue weighted by Crippen LogP contribution is 2.34. The van der Waals surface area contributed by atoms with Gasteiger partial charge in [0.15, 0.2) is 0 Å². The third kappa shape index (κ3) is 6.90. The highest BCUT2D eigenvalue weighted by atomic mass is 16.4. The predicted molar refractivity (Wildman–Crippen MR) is 53.5 cm³/mol. The third-order valence-corrected chi connectivity index (χ3v) is 2.49. The molecule has 0 unspecified atom stereocenters. The lowest BCUT2D eigenvalue weighted by Crippen LogP contribution is -2.23. The van der Waals surface area contributed by atoms with Crippen LogP contribution in [0.25, 0.3) is 0 Å². The molecule has 5 heteroatoms. The van der Waals surface area contributed by atoms with Gasteiger partial charge in [0.05, 0.1) is 6.10 Å². The quantitative estimate of drug-likeness (QED) is 0.529. The molecule has 0 aromatic rings. The Morgan fingerprint density at radius 3 is 1.60 bits per heavy atom. The molecule has 0 aromatic heterocycles. The topological polar surface area (TPSA) is 94.8 Å². The molecule has 0 heterocycles. The molecule has 88 valence electrons. The smallest absolute Gasteiger partial charge is 0.414 e. The molecule has 0 aromatic carbocycles. The van der Waals surface area contributed by atoms with E-state index in [9.17, 15) is 0 Å². The van der Waals surface area contributed by atoms with E-state index in [1.165, 1.54) is 12.8 Å². The van der Waals surface area contributed by atoms with Crippen molar-refractivity contribution in [3.05, 3.63) is 0 Å². The maximum Gasteiger partial charge on any atom is 0.414 e. The number of carboxylic acids is 2. The van der Waals surface area contributed by atoms with Gasteiger partial charge in [0.1, 0.15) is 0 Å². The summed E-state index contributed by atoms with van der Waals surface area (Å²) < 4.78 is 0. The largest absolute Gasteiger partial charge is 0.473 e. The van der Waals surface area contributed by atoms with Crippen molar-refractivity contribution in [3.8, 4) is 0 Å². The molecule has 5 nitrogen and oxygen atoms in total. The molecule has 3 N–H and O–H groups in total. The average molecular weight is 218 g/mol. The Kier molecular flexibility index (Phi) is 5.28. The van der Waals surface area contributed by atoms with Gasteiger partial charge in [-0.2, -0.15) is 0 Å². The Labute approximate surface area is 88.7 Å². The van der Waals surface area contributed by atoms with E-state index in [1.54, 1.807) is 0 Å². The standard InChI is InChI=1S/C8H16O.C2H2O4/c1-8(2)5-3-7(9)4-6-8;3-1(4)2(5)6/h7,9H,3-6H2,1-2H3;(H,3,4)(H,5,6). The highest BCUT2D eigenvalue weighted by Gasteiger charge is 2.24. The minimum atomic E-state index is -1.82. The number of aliphatic hydroxyl groups is 1. The van der Waals surface area contributed by atoms with Crippen LogP contribution >= 0.6 is 0 Å². The highest BCUT2D eigenvalue weighted by molar-refractivity contribution is 6.27. The van der Waals surface area contributed by atoms with Crippen LogP contribution in [-0.2, 0) is 9.59 Å². The minimum absolute atomic E-state index is 0.00183. The molecule has 0 radical (unpaired) electrons. The summed E-state index contributed by atoms with van der Waals surface area (Å²) in [5, 5.41) is 23.9. The van der Waals surface area contributed by atoms with Gasteiger partial charge in [0, 0.05) is 0 Å². The van der Waals surface area contributed by atoms with Crippen LogP contribution in [0.1, 0.15) is 39.5 Å². The second-order valence-electron chi connectivity index (χ2n) is 4.51.